The molecule has 1 fully saturated rings. The van der Waals surface area contributed by atoms with Crippen LogP contribution in [0, 0.1) is 11.3 Å². The highest BCUT2D eigenvalue weighted by molar-refractivity contribution is 7.80. The second-order valence-electron chi connectivity index (χ2n) is 5.16. The van der Waals surface area contributed by atoms with Crippen molar-refractivity contribution in [3.63, 3.8) is 0 Å². The van der Waals surface area contributed by atoms with E-state index in [0.29, 0.717) is 11.3 Å². The van der Waals surface area contributed by atoms with Crippen LogP contribution in [0.3, 0.4) is 0 Å². The quantitative estimate of drug-likeness (QED) is 0.708. The summed E-state index contributed by atoms with van der Waals surface area (Å²) in [4.78, 5) is 0. The Morgan fingerprint density at radius 2 is 2.00 bits per heavy atom. The van der Waals surface area contributed by atoms with Crippen molar-refractivity contribution in [3.8, 4) is 0 Å². The molecule has 3 heteroatoms. The molecule has 15 heavy (non-hydrogen) atoms. The van der Waals surface area contributed by atoms with Crippen LogP contribution in [-0.2, 0) is 0 Å². The number of thiocarbonyl (C=S) groups is 1. The molecule has 0 atom stereocenters. The molecule has 0 aliphatic heterocycles. The van der Waals surface area contributed by atoms with Gasteiger partial charge in [-0.15, -0.1) is 0 Å². The minimum Gasteiger partial charge on any atom is -0.362 e. The van der Waals surface area contributed by atoms with Gasteiger partial charge in [-0.05, 0) is 42.8 Å². The average molecular weight is 228 g/mol. The first-order valence-corrected chi connectivity index (χ1v) is 6.50. The second-order valence-corrected chi connectivity index (χ2v) is 5.57. The molecule has 1 aliphatic rings. The molecular formula is C12H24N2S. The van der Waals surface area contributed by atoms with Crippen molar-refractivity contribution in [2.75, 3.05) is 13.1 Å². The standard InChI is InChI=1S/C12H24N2S/c1-4-12(6-5-7-12)9-14-11(15)13-8-10(2)3/h10H,4-9H2,1-3H3,(H2,13,14,15). The number of hydrogen-bond donors (Lipinski definition) is 2. The Hall–Kier alpha value is -0.310. The third-order valence-corrected chi connectivity index (χ3v) is 3.75. The third-order valence-electron chi connectivity index (χ3n) is 3.46. The number of rotatable bonds is 5. The van der Waals surface area contributed by atoms with Crippen LogP contribution < -0.4 is 10.6 Å². The fraction of sp³-hybridized carbons (Fsp3) is 0.917. The van der Waals surface area contributed by atoms with Gasteiger partial charge in [-0.1, -0.05) is 27.2 Å². The molecule has 2 N–H and O–H groups in total. The topological polar surface area (TPSA) is 24.1 Å². The van der Waals surface area contributed by atoms with E-state index in [4.69, 9.17) is 12.2 Å². The first kappa shape index (κ1) is 12.8. The van der Waals surface area contributed by atoms with Crippen LogP contribution in [0.1, 0.15) is 46.5 Å². The molecular weight excluding hydrogens is 204 g/mol. The lowest BCUT2D eigenvalue weighted by molar-refractivity contribution is 0.131. The monoisotopic (exact) mass is 228 g/mol. The molecule has 0 aromatic rings. The fourth-order valence-corrected chi connectivity index (χ4v) is 2.11. The zero-order valence-corrected chi connectivity index (χ0v) is 11.0. The van der Waals surface area contributed by atoms with Crippen molar-refractivity contribution in [1.29, 1.82) is 0 Å². The lowest BCUT2D eigenvalue weighted by Gasteiger charge is -2.41. The van der Waals surface area contributed by atoms with Crippen molar-refractivity contribution in [1.82, 2.24) is 10.6 Å². The van der Waals surface area contributed by atoms with E-state index in [2.05, 4.69) is 31.4 Å². The molecule has 0 aromatic heterocycles. The van der Waals surface area contributed by atoms with Crippen LogP contribution in [-0.4, -0.2) is 18.2 Å². The Morgan fingerprint density at radius 1 is 1.33 bits per heavy atom. The van der Waals surface area contributed by atoms with Gasteiger partial charge in [0, 0.05) is 13.1 Å². The van der Waals surface area contributed by atoms with Crippen molar-refractivity contribution < 1.29 is 0 Å². The van der Waals surface area contributed by atoms with Gasteiger partial charge in [-0.2, -0.15) is 0 Å². The van der Waals surface area contributed by atoms with Gasteiger partial charge in [0.2, 0.25) is 0 Å². The van der Waals surface area contributed by atoms with Gasteiger partial charge in [0.05, 0.1) is 0 Å². The molecule has 1 rings (SSSR count). The Bertz CT molecular complexity index is 204. The second kappa shape index (κ2) is 5.69. The zero-order chi connectivity index (χ0) is 11.3. The van der Waals surface area contributed by atoms with E-state index in [9.17, 15) is 0 Å². The molecule has 0 saturated heterocycles. The van der Waals surface area contributed by atoms with E-state index in [1.54, 1.807) is 0 Å². The minimum absolute atomic E-state index is 0.545. The van der Waals surface area contributed by atoms with Crippen molar-refractivity contribution in [2.45, 2.75) is 46.5 Å². The largest absolute Gasteiger partial charge is 0.362 e. The van der Waals surface area contributed by atoms with Gasteiger partial charge < -0.3 is 10.6 Å². The molecule has 0 radical (unpaired) electrons. The van der Waals surface area contributed by atoms with Crippen molar-refractivity contribution >= 4 is 17.3 Å². The Balaban J connectivity index is 2.16. The predicted octanol–water partition coefficient (Wildman–Crippen LogP) is 2.69. The highest BCUT2D eigenvalue weighted by atomic mass is 32.1. The Kier molecular flexibility index (Phi) is 4.84. The number of hydrogen-bond acceptors (Lipinski definition) is 1. The summed E-state index contributed by atoms with van der Waals surface area (Å²) in [7, 11) is 0. The third kappa shape index (κ3) is 3.98. The highest BCUT2D eigenvalue weighted by Crippen LogP contribution is 2.42. The van der Waals surface area contributed by atoms with Gasteiger partial charge in [-0.25, -0.2) is 0 Å². The lowest BCUT2D eigenvalue weighted by Crippen LogP contribution is -2.45. The molecule has 2 nitrogen and oxygen atoms in total. The van der Waals surface area contributed by atoms with E-state index in [1.165, 1.54) is 25.7 Å². The minimum atomic E-state index is 0.545. The molecule has 1 saturated carbocycles. The first-order chi connectivity index (χ1) is 7.08. The van der Waals surface area contributed by atoms with Gasteiger partial charge in [0.1, 0.15) is 0 Å². The predicted molar refractivity (Wildman–Crippen MR) is 70.0 cm³/mol. The van der Waals surface area contributed by atoms with Crippen LogP contribution in [0.5, 0.6) is 0 Å². The van der Waals surface area contributed by atoms with Crippen molar-refractivity contribution in [3.05, 3.63) is 0 Å². The van der Waals surface area contributed by atoms with Crippen LogP contribution in [0.15, 0.2) is 0 Å². The smallest absolute Gasteiger partial charge is 0.166 e. The molecule has 0 amide bonds. The van der Waals surface area contributed by atoms with Gasteiger partial charge in [0.25, 0.3) is 0 Å². The normalized spacial score (nSPS) is 18.4. The van der Waals surface area contributed by atoms with Crippen molar-refractivity contribution in [2.24, 2.45) is 11.3 Å². The molecule has 0 spiro atoms. The maximum atomic E-state index is 5.24. The maximum absolute atomic E-state index is 5.24. The molecule has 0 bridgehead atoms. The Labute approximate surface area is 99.2 Å². The van der Waals surface area contributed by atoms with E-state index in [0.717, 1.165) is 18.2 Å². The van der Waals surface area contributed by atoms with Gasteiger partial charge >= 0.3 is 0 Å². The first-order valence-electron chi connectivity index (χ1n) is 6.10. The summed E-state index contributed by atoms with van der Waals surface area (Å²) in [5, 5.41) is 7.42. The summed E-state index contributed by atoms with van der Waals surface area (Å²) < 4.78 is 0. The summed E-state index contributed by atoms with van der Waals surface area (Å²) in [5.41, 5.74) is 0.545. The van der Waals surface area contributed by atoms with E-state index in [1.807, 2.05) is 0 Å². The Morgan fingerprint density at radius 3 is 2.40 bits per heavy atom. The van der Waals surface area contributed by atoms with E-state index < -0.39 is 0 Å². The fourth-order valence-electron chi connectivity index (χ4n) is 1.96. The summed E-state index contributed by atoms with van der Waals surface area (Å²) in [5.74, 6) is 0.647. The average Bonchev–Trinajstić information content (AvgIpc) is 2.14. The molecule has 88 valence electrons. The molecule has 0 unspecified atom stereocenters. The SMILES string of the molecule is CCC1(CNC(=S)NCC(C)C)CCC1. The summed E-state index contributed by atoms with van der Waals surface area (Å²) in [6.07, 6.45) is 5.39. The molecule has 0 heterocycles. The zero-order valence-electron chi connectivity index (χ0n) is 10.2. The highest BCUT2D eigenvalue weighted by Gasteiger charge is 2.34. The number of nitrogens with one attached hydrogen (secondary N) is 2. The van der Waals surface area contributed by atoms with Gasteiger partial charge in [-0.3, -0.25) is 0 Å². The van der Waals surface area contributed by atoms with Gasteiger partial charge in [0.15, 0.2) is 5.11 Å². The van der Waals surface area contributed by atoms with Crippen LogP contribution in [0.4, 0.5) is 0 Å². The van der Waals surface area contributed by atoms with Crippen LogP contribution in [0.2, 0.25) is 0 Å². The summed E-state index contributed by atoms with van der Waals surface area (Å²) in [6.45, 7) is 8.67. The van der Waals surface area contributed by atoms with E-state index in [-0.39, 0.29) is 0 Å². The molecule has 0 aromatic carbocycles. The summed E-state index contributed by atoms with van der Waals surface area (Å²) in [6, 6.07) is 0. The summed E-state index contributed by atoms with van der Waals surface area (Å²) >= 11 is 5.24. The van der Waals surface area contributed by atoms with E-state index >= 15 is 0 Å². The molecule has 1 aliphatic carbocycles. The van der Waals surface area contributed by atoms with Crippen LogP contribution >= 0.6 is 12.2 Å². The lowest BCUT2D eigenvalue weighted by atomic mass is 9.67. The maximum Gasteiger partial charge on any atom is 0.166 e. The van der Waals surface area contributed by atoms with Crippen LogP contribution in [0.25, 0.3) is 0 Å².